The maximum absolute atomic E-state index is 11.1. The second-order valence-corrected chi connectivity index (χ2v) is 4.35. The smallest absolute Gasteiger partial charge is 0.352 e. The lowest BCUT2D eigenvalue weighted by molar-refractivity contribution is 0.0686. The first-order chi connectivity index (χ1) is 7.63. The summed E-state index contributed by atoms with van der Waals surface area (Å²) < 4.78 is 2.66. The summed E-state index contributed by atoms with van der Waals surface area (Å²) in [6.45, 7) is 4.13. The van der Waals surface area contributed by atoms with Gasteiger partial charge in [-0.15, -0.1) is 6.58 Å². The molecule has 2 rings (SSSR count). The predicted molar refractivity (Wildman–Crippen MR) is 66.8 cm³/mol. The third-order valence-corrected chi connectivity index (χ3v) is 2.89. The average Bonchev–Trinajstić information content (AvgIpc) is 2.58. The quantitative estimate of drug-likeness (QED) is 0.876. The maximum atomic E-state index is 11.1. The molecule has 0 bridgehead atoms. The molecule has 0 aliphatic carbocycles. The van der Waals surface area contributed by atoms with Gasteiger partial charge in [0.2, 0.25) is 0 Å². The molecule has 0 amide bonds. The van der Waals surface area contributed by atoms with Gasteiger partial charge in [0.25, 0.3) is 0 Å². The molecule has 0 unspecified atom stereocenters. The molecule has 1 aromatic heterocycles. The number of hydrogen-bond acceptors (Lipinski definition) is 1. The van der Waals surface area contributed by atoms with E-state index in [1.54, 1.807) is 16.7 Å². The number of allylic oxidation sites excluding steroid dienone is 1. The Bertz CT molecular complexity index is 572. The van der Waals surface area contributed by atoms with Crippen molar-refractivity contribution in [3.05, 3.63) is 47.1 Å². The number of aromatic carboxylic acids is 1. The molecule has 16 heavy (non-hydrogen) atoms. The molecule has 1 heterocycles. The minimum atomic E-state index is -0.922. The van der Waals surface area contributed by atoms with Crippen LogP contribution in [0.2, 0.25) is 0 Å². The summed E-state index contributed by atoms with van der Waals surface area (Å²) in [6.07, 6.45) is 1.69. The van der Waals surface area contributed by atoms with Crippen LogP contribution in [0.3, 0.4) is 0 Å². The molecule has 0 fully saturated rings. The van der Waals surface area contributed by atoms with Crippen molar-refractivity contribution in [2.45, 2.75) is 6.54 Å². The van der Waals surface area contributed by atoms with Crippen LogP contribution < -0.4 is 0 Å². The fourth-order valence-electron chi connectivity index (χ4n) is 1.73. The van der Waals surface area contributed by atoms with Crippen molar-refractivity contribution < 1.29 is 9.90 Å². The number of rotatable bonds is 3. The number of carbonyl (C=O) groups is 1. The van der Waals surface area contributed by atoms with Gasteiger partial charge in [-0.2, -0.15) is 0 Å². The molecule has 1 N–H and O–H groups in total. The van der Waals surface area contributed by atoms with E-state index in [9.17, 15) is 4.79 Å². The third kappa shape index (κ3) is 1.76. The number of nitrogens with zero attached hydrogens (tertiary/aromatic N) is 1. The highest BCUT2D eigenvalue weighted by molar-refractivity contribution is 9.10. The van der Waals surface area contributed by atoms with Crippen LogP contribution in [-0.4, -0.2) is 15.6 Å². The Balaban J connectivity index is 2.76. The number of benzene rings is 1. The van der Waals surface area contributed by atoms with Crippen molar-refractivity contribution >= 4 is 32.8 Å². The highest BCUT2D eigenvalue weighted by Gasteiger charge is 2.13. The third-order valence-electron chi connectivity index (χ3n) is 2.40. The van der Waals surface area contributed by atoms with Crippen molar-refractivity contribution in [1.82, 2.24) is 4.57 Å². The van der Waals surface area contributed by atoms with E-state index in [0.717, 1.165) is 15.4 Å². The van der Waals surface area contributed by atoms with Gasteiger partial charge in [0.05, 0.1) is 5.52 Å². The largest absolute Gasteiger partial charge is 0.477 e. The van der Waals surface area contributed by atoms with Gasteiger partial charge in [-0.05, 0) is 18.2 Å². The lowest BCUT2D eigenvalue weighted by Gasteiger charge is -2.04. The summed E-state index contributed by atoms with van der Waals surface area (Å²) in [4.78, 5) is 11.1. The zero-order valence-corrected chi connectivity index (χ0v) is 10.1. The predicted octanol–water partition coefficient (Wildman–Crippen LogP) is 3.29. The van der Waals surface area contributed by atoms with E-state index in [0.29, 0.717) is 6.54 Å². The molecule has 0 aliphatic heterocycles. The summed E-state index contributed by atoms with van der Waals surface area (Å²) >= 11 is 3.38. The Labute approximate surface area is 101 Å². The first-order valence-electron chi connectivity index (χ1n) is 4.76. The average molecular weight is 280 g/mol. The first kappa shape index (κ1) is 11.0. The molecule has 0 saturated heterocycles. The molecule has 0 spiro atoms. The molecule has 0 saturated carbocycles. The van der Waals surface area contributed by atoms with Crippen LogP contribution in [-0.2, 0) is 6.54 Å². The number of hydrogen-bond donors (Lipinski definition) is 1. The summed E-state index contributed by atoms with van der Waals surface area (Å²) in [5.41, 5.74) is 1.18. The van der Waals surface area contributed by atoms with Crippen LogP contribution in [0.4, 0.5) is 0 Å². The standard InChI is InChI=1S/C12H10BrNO2/c1-2-5-14-10-7-9(13)4-3-8(10)6-11(14)12(15)16/h2-4,6-7H,1,5H2,(H,15,16). The van der Waals surface area contributed by atoms with Gasteiger partial charge >= 0.3 is 5.97 Å². The lowest BCUT2D eigenvalue weighted by atomic mass is 10.2. The minimum Gasteiger partial charge on any atom is -0.477 e. The number of carboxylic acid groups (broad SMARTS) is 1. The zero-order valence-electron chi connectivity index (χ0n) is 8.48. The van der Waals surface area contributed by atoms with E-state index in [4.69, 9.17) is 5.11 Å². The fourth-order valence-corrected chi connectivity index (χ4v) is 2.08. The SMILES string of the molecule is C=CCn1c(C(=O)O)cc2ccc(Br)cc21. The molecular weight excluding hydrogens is 270 g/mol. The Hall–Kier alpha value is -1.55. The molecule has 0 aliphatic rings. The van der Waals surface area contributed by atoms with Crippen LogP contribution in [0.1, 0.15) is 10.5 Å². The topological polar surface area (TPSA) is 42.2 Å². The molecular formula is C12H10BrNO2. The zero-order chi connectivity index (χ0) is 11.7. The second-order valence-electron chi connectivity index (χ2n) is 3.44. The number of fused-ring (bicyclic) bond motifs is 1. The maximum Gasteiger partial charge on any atom is 0.352 e. The fraction of sp³-hybridized carbons (Fsp3) is 0.0833. The van der Waals surface area contributed by atoms with Crippen molar-refractivity contribution in [2.24, 2.45) is 0 Å². The van der Waals surface area contributed by atoms with Gasteiger partial charge in [-0.25, -0.2) is 4.79 Å². The Morgan fingerprint density at radius 1 is 1.50 bits per heavy atom. The molecule has 0 atom stereocenters. The van der Waals surface area contributed by atoms with E-state index in [1.807, 2.05) is 18.2 Å². The normalized spacial score (nSPS) is 10.6. The minimum absolute atomic E-state index is 0.285. The summed E-state index contributed by atoms with van der Waals surface area (Å²) in [5, 5.41) is 10.0. The molecule has 1 aromatic carbocycles. The van der Waals surface area contributed by atoms with E-state index in [2.05, 4.69) is 22.5 Å². The Kier molecular flexibility index (Phi) is 2.83. The number of halogens is 1. The molecule has 3 nitrogen and oxygen atoms in total. The first-order valence-corrected chi connectivity index (χ1v) is 5.56. The van der Waals surface area contributed by atoms with Gasteiger partial charge in [0.1, 0.15) is 5.69 Å². The highest BCUT2D eigenvalue weighted by Crippen LogP contribution is 2.24. The molecule has 2 aromatic rings. The van der Waals surface area contributed by atoms with Gasteiger partial charge < -0.3 is 9.67 Å². The summed E-state index contributed by atoms with van der Waals surface area (Å²) in [7, 11) is 0. The summed E-state index contributed by atoms with van der Waals surface area (Å²) in [6, 6.07) is 7.37. The van der Waals surface area contributed by atoms with Crippen molar-refractivity contribution in [3.63, 3.8) is 0 Å². The highest BCUT2D eigenvalue weighted by atomic mass is 79.9. The van der Waals surface area contributed by atoms with Crippen LogP contribution in [0, 0.1) is 0 Å². The number of aromatic nitrogens is 1. The monoisotopic (exact) mass is 279 g/mol. The Morgan fingerprint density at radius 3 is 2.88 bits per heavy atom. The van der Waals surface area contributed by atoms with Gasteiger partial charge in [-0.1, -0.05) is 28.1 Å². The van der Waals surface area contributed by atoms with Crippen LogP contribution in [0.15, 0.2) is 41.4 Å². The van der Waals surface area contributed by atoms with E-state index in [-0.39, 0.29) is 5.69 Å². The van der Waals surface area contributed by atoms with Crippen LogP contribution in [0.25, 0.3) is 10.9 Å². The van der Waals surface area contributed by atoms with Gasteiger partial charge in [0, 0.05) is 16.4 Å². The number of carboxylic acids is 1. The van der Waals surface area contributed by atoms with Gasteiger partial charge in [0.15, 0.2) is 0 Å². The van der Waals surface area contributed by atoms with Gasteiger partial charge in [-0.3, -0.25) is 0 Å². The van der Waals surface area contributed by atoms with E-state index >= 15 is 0 Å². The Morgan fingerprint density at radius 2 is 2.25 bits per heavy atom. The summed E-state index contributed by atoms with van der Waals surface area (Å²) in [5.74, 6) is -0.922. The van der Waals surface area contributed by atoms with Crippen molar-refractivity contribution in [3.8, 4) is 0 Å². The lowest BCUT2D eigenvalue weighted by Crippen LogP contribution is -2.06. The van der Waals surface area contributed by atoms with E-state index < -0.39 is 5.97 Å². The van der Waals surface area contributed by atoms with Crippen LogP contribution >= 0.6 is 15.9 Å². The molecule has 4 heteroatoms. The molecule has 82 valence electrons. The van der Waals surface area contributed by atoms with Crippen molar-refractivity contribution in [2.75, 3.05) is 0 Å². The second kappa shape index (κ2) is 4.14. The van der Waals surface area contributed by atoms with E-state index in [1.165, 1.54) is 0 Å². The van der Waals surface area contributed by atoms with Crippen molar-refractivity contribution in [1.29, 1.82) is 0 Å². The molecule has 0 radical (unpaired) electrons. The van der Waals surface area contributed by atoms with Crippen LogP contribution in [0.5, 0.6) is 0 Å².